The van der Waals surface area contributed by atoms with Gasteiger partial charge in [-0.1, -0.05) is 40.3 Å². The highest BCUT2D eigenvalue weighted by atomic mass is 79.9. The lowest BCUT2D eigenvalue weighted by atomic mass is 10.1. The fourth-order valence-electron chi connectivity index (χ4n) is 1.97. The molecule has 0 bridgehead atoms. The topological polar surface area (TPSA) is 29.3 Å². The Balaban J connectivity index is 2.51. The zero-order valence-electron chi connectivity index (χ0n) is 10.9. The molecule has 2 aromatic rings. The average molecular weight is 335 g/mol. The first-order valence-electron chi connectivity index (χ1n) is 5.89. The van der Waals surface area contributed by atoms with Gasteiger partial charge in [-0.3, -0.25) is 0 Å². The van der Waals surface area contributed by atoms with E-state index in [9.17, 15) is 0 Å². The number of anilines is 2. The second kappa shape index (κ2) is 5.72. The van der Waals surface area contributed by atoms with Crippen molar-refractivity contribution < 1.29 is 0 Å². The number of aryl methyl sites for hydroxylation is 1. The number of nitrogens with two attached hydrogens (primary N) is 1. The number of thiocarbonyl (C=S) groups is 1. The zero-order valence-corrected chi connectivity index (χ0v) is 13.3. The van der Waals surface area contributed by atoms with Crippen molar-refractivity contribution in [3.05, 3.63) is 58.1 Å². The molecule has 0 heterocycles. The maximum absolute atomic E-state index is 5.80. The molecule has 0 fully saturated rings. The van der Waals surface area contributed by atoms with Crippen molar-refractivity contribution in [2.45, 2.75) is 6.92 Å². The van der Waals surface area contributed by atoms with Crippen LogP contribution in [0.25, 0.3) is 0 Å². The van der Waals surface area contributed by atoms with Gasteiger partial charge in [0.15, 0.2) is 0 Å². The lowest BCUT2D eigenvalue weighted by Crippen LogP contribution is -2.17. The Morgan fingerprint density at radius 2 is 1.95 bits per heavy atom. The van der Waals surface area contributed by atoms with E-state index in [0.29, 0.717) is 4.99 Å². The minimum absolute atomic E-state index is 0.405. The van der Waals surface area contributed by atoms with Crippen LogP contribution >= 0.6 is 28.1 Å². The van der Waals surface area contributed by atoms with Crippen LogP contribution in [-0.4, -0.2) is 12.0 Å². The lowest BCUT2D eigenvalue weighted by molar-refractivity contribution is 1.19. The third-order valence-corrected chi connectivity index (χ3v) is 3.69. The first-order chi connectivity index (χ1) is 8.99. The van der Waals surface area contributed by atoms with Crippen molar-refractivity contribution in [1.29, 1.82) is 0 Å². The van der Waals surface area contributed by atoms with Crippen LogP contribution in [0.1, 0.15) is 11.1 Å². The largest absolute Gasteiger partial charge is 0.389 e. The lowest BCUT2D eigenvalue weighted by Gasteiger charge is -2.23. The molecular formula is C15H15BrN2S. The monoisotopic (exact) mass is 334 g/mol. The first kappa shape index (κ1) is 14.0. The first-order valence-corrected chi connectivity index (χ1v) is 7.09. The third-order valence-electron chi connectivity index (χ3n) is 2.98. The molecule has 0 atom stereocenters. The molecule has 4 heteroatoms. The normalized spacial score (nSPS) is 10.3. The van der Waals surface area contributed by atoms with Crippen LogP contribution in [-0.2, 0) is 0 Å². The SMILES string of the molecule is Cc1cccc(N(C)c2cc(Br)ccc2C(N)=S)c1. The minimum Gasteiger partial charge on any atom is -0.389 e. The van der Waals surface area contributed by atoms with E-state index in [-0.39, 0.29) is 0 Å². The number of halogens is 1. The summed E-state index contributed by atoms with van der Waals surface area (Å²) >= 11 is 8.61. The van der Waals surface area contributed by atoms with Gasteiger partial charge < -0.3 is 10.6 Å². The Bertz CT molecular complexity index is 625. The minimum atomic E-state index is 0.405. The van der Waals surface area contributed by atoms with Gasteiger partial charge >= 0.3 is 0 Å². The van der Waals surface area contributed by atoms with E-state index in [4.69, 9.17) is 18.0 Å². The Hall–Kier alpha value is -1.39. The van der Waals surface area contributed by atoms with Gasteiger partial charge in [-0.2, -0.15) is 0 Å². The predicted molar refractivity (Wildman–Crippen MR) is 89.3 cm³/mol. The number of hydrogen-bond donors (Lipinski definition) is 1. The molecule has 2 aromatic carbocycles. The summed E-state index contributed by atoms with van der Waals surface area (Å²) in [6, 6.07) is 14.2. The second-order valence-electron chi connectivity index (χ2n) is 4.42. The Kier molecular flexibility index (Phi) is 4.22. The van der Waals surface area contributed by atoms with Crippen LogP contribution in [0, 0.1) is 6.92 Å². The van der Waals surface area contributed by atoms with Gasteiger partial charge in [0.1, 0.15) is 4.99 Å². The highest BCUT2D eigenvalue weighted by Crippen LogP contribution is 2.30. The van der Waals surface area contributed by atoms with Crippen LogP contribution in [0.4, 0.5) is 11.4 Å². The predicted octanol–water partition coefficient (Wildman–Crippen LogP) is 4.16. The number of nitrogens with zero attached hydrogens (tertiary/aromatic N) is 1. The van der Waals surface area contributed by atoms with E-state index >= 15 is 0 Å². The summed E-state index contributed by atoms with van der Waals surface area (Å²) in [5.74, 6) is 0. The molecule has 2 nitrogen and oxygen atoms in total. The third kappa shape index (κ3) is 3.14. The molecule has 0 amide bonds. The van der Waals surface area contributed by atoms with Crippen LogP contribution in [0.3, 0.4) is 0 Å². The van der Waals surface area contributed by atoms with Crippen molar-refractivity contribution in [2.24, 2.45) is 5.73 Å². The fourth-order valence-corrected chi connectivity index (χ4v) is 2.49. The summed E-state index contributed by atoms with van der Waals surface area (Å²) in [5, 5.41) is 0. The molecule has 0 unspecified atom stereocenters. The summed E-state index contributed by atoms with van der Waals surface area (Å²) < 4.78 is 1.00. The molecule has 2 rings (SSSR count). The van der Waals surface area contributed by atoms with Crippen LogP contribution in [0.5, 0.6) is 0 Å². The average Bonchev–Trinajstić information content (AvgIpc) is 2.37. The summed E-state index contributed by atoms with van der Waals surface area (Å²) in [7, 11) is 2.01. The number of hydrogen-bond acceptors (Lipinski definition) is 2. The second-order valence-corrected chi connectivity index (χ2v) is 5.78. The molecular weight excluding hydrogens is 320 g/mol. The van der Waals surface area contributed by atoms with Crippen molar-refractivity contribution in [3.63, 3.8) is 0 Å². The van der Waals surface area contributed by atoms with Crippen LogP contribution in [0.15, 0.2) is 46.9 Å². The van der Waals surface area contributed by atoms with Crippen molar-refractivity contribution >= 4 is 44.5 Å². The molecule has 0 spiro atoms. The van der Waals surface area contributed by atoms with Crippen molar-refractivity contribution in [1.82, 2.24) is 0 Å². The summed E-state index contributed by atoms with van der Waals surface area (Å²) in [4.78, 5) is 2.49. The van der Waals surface area contributed by atoms with Crippen LogP contribution in [0.2, 0.25) is 0 Å². The van der Waals surface area contributed by atoms with Gasteiger partial charge in [0.05, 0.1) is 5.69 Å². The van der Waals surface area contributed by atoms with Gasteiger partial charge in [0, 0.05) is 22.8 Å². The molecule has 0 aromatic heterocycles. The Morgan fingerprint density at radius 3 is 2.58 bits per heavy atom. The molecule has 0 saturated heterocycles. The zero-order chi connectivity index (χ0) is 14.0. The maximum Gasteiger partial charge on any atom is 0.106 e. The maximum atomic E-state index is 5.80. The molecule has 0 radical (unpaired) electrons. The van der Waals surface area contributed by atoms with Crippen molar-refractivity contribution in [3.8, 4) is 0 Å². The van der Waals surface area contributed by atoms with E-state index in [1.165, 1.54) is 5.56 Å². The molecule has 0 aliphatic carbocycles. The van der Waals surface area contributed by atoms with E-state index in [1.807, 2.05) is 31.3 Å². The smallest absolute Gasteiger partial charge is 0.106 e. The highest BCUT2D eigenvalue weighted by Gasteiger charge is 2.12. The van der Waals surface area contributed by atoms with Crippen LogP contribution < -0.4 is 10.6 Å². The number of benzene rings is 2. The Morgan fingerprint density at radius 1 is 1.21 bits per heavy atom. The standard InChI is InChI=1S/C15H15BrN2S/c1-10-4-3-5-12(8-10)18(2)14-9-11(16)6-7-13(14)15(17)19/h3-9H,1-2H3,(H2,17,19). The van der Waals surface area contributed by atoms with E-state index in [2.05, 4.69) is 46.0 Å². The molecule has 19 heavy (non-hydrogen) atoms. The summed E-state index contributed by atoms with van der Waals surface area (Å²) in [6.45, 7) is 2.08. The van der Waals surface area contributed by atoms with Gasteiger partial charge in [0.25, 0.3) is 0 Å². The summed E-state index contributed by atoms with van der Waals surface area (Å²) in [6.07, 6.45) is 0. The van der Waals surface area contributed by atoms with Gasteiger partial charge in [0.2, 0.25) is 0 Å². The Labute approximate surface area is 127 Å². The molecule has 0 saturated carbocycles. The highest BCUT2D eigenvalue weighted by molar-refractivity contribution is 9.10. The molecule has 0 aliphatic heterocycles. The van der Waals surface area contributed by atoms with E-state index in [0.717, 1.165) is 21.4 Å². The number of rotatable bonds is 3. The molecule has 2 N–H and O–H groups in total. The summed E-state index contributed by atoms with van der Waals surface area (Å²) in [5.41, 5.74) is 10.00. The fraction of sp³-hybridized carbons (Fsp3) is 0.133. The van der Waals surface area contributed by atoms with Gasteiger partial charge in [-0.25, -0.2) is 0 Å². The van der Waals surface area contributed by atoms with Gasteiger partial charge in [-0.05, 0) is 42.8 Å². The quantitative estimate of drug-likeness (QED) is 0.854. The van der Waals surface area contributed by atoms with Crippen molar-refractivity contribution in [2.75, 3.05) is 11.9 Å². The van der Waals surface area contributed by atoms with E-state index < -0.39 is 0 Å². The molecule has 0 aliphatic rings. The van der Waals surface area contributed by atoms with Gasteiger partial charge in [-0.15, -0.1) is 0 Å². The van der Waals surface area contributed by atoms with E-state index in [1.54, 1.807) is 0 Å². The molecule has 98 valence electrons.